The molecule has 7 nitrogen and oxygen atoms in total. The normalized spacial score (nSPS) is 20.5. The average molecular weight is 318 g/mol. The standard InChI is InChI=1S/C14H14N4O3S/c19-14(10-5-6-22(20,21)9-10)18-16-8-11-7-15-12-3-1-2-4-13(12)17-11/h1-4,7-8,10H,5-6,9H2,(H,18,19)/b16-8-/t10-/m0/s1. The van der Waals surface area contributed by atoms with Crippen molar-refractivity contribution in [3.05, 3.63) is 36.2 Å². The van der Waals surface area contributed by atoms with Crippen LogP contribution in [0.3, 0.4) is 0 Å². The van der Waals surface area contributed by atoms with Crippen LogP contribution in [0.15, 0.2) is 35.6 Å². The summed E-state index contributed by atoms with van der Waals surface area (Å²) in [6, 6.07) is 7.42. The van der Waals surface area contributed by atoms with Gasteiger partial charge in [-0.1, -0.05) is 12.1 Å². The van der Waals surface area contributed by atoms with Gasteiger partial charge in [-0.2, -0.15) is 5.10 Å². The van der Waals surface area contributed by atoms with E-state index in [-0.39, 0.29) is 17.4 Å². The Balaban J connectivity index is 1.65. The minimum absolute atomic E-state index is 0.0605. The Hall–Kier alpha value is -2.35. The molecule has 1 amide bonds. The highest BCUT2D eigenvalue weighted by molar-refractivity contribution is 7.91. The molecule has 1 aromatic carbocycles. The summed E-state index contributed by atoms with van der Waals surface area (Å²) in [5.74, 6) is -0.953. The summed E-state index contributed by atoms with van der Waals surface area (Å²) >= 11 is 0. The number of carbonyl (C=O) groups is 1. The van der Waals surface area contributed by atoms with E-state index in [0.717, 1.165) is 11.0 Å². The van der Waals surface area contributed by atoms with E-state index in [9.17, 15) is 13.2 Å². The number of benzene rings is 1. The number of carbonyl (C=O) groups excluding carboxylic acids is 1. The molecular weight excluding hydrogens is 304 g/mol. The molecule has 1 fully saturated rings. The quantitative estimate of drug-likeness (QED) is 0.656. The van der Waals surface area contributed by atoms with Crippen molar-refractivity contribution < 1.29 is 13.2 Å². The number of rotatable bonds is 3. The smallest absolute Gasteiger partial charge is 0.244 e. The highest BCUT2D eigenvalue weighted by Gasteiger charge is 2.32. The van der Waals surface area contributed by atoms with Gasteiger partial charge in [-0.15, -0.1) is 0 Å². The number of aromatic nitrogens is 2. The van der Waals surface area contributed by atoms with Gasteiger partial charge in [-0.05, 0) is 18.6 Å². The maximum absolute atomic E-state index is 11.8. The molecule has 114 valence electrons. The molecule has 1 saturated heterocycles. The fraction of sp³-hybridized carbons (Fsp3) is 0.286. The van der Waals surface area contributed by atoms with Gasteiger partial charge in [-0.25, -0.2) is 18.8 Å². The summed E-state index contributed by atoms with van der Waals surface area (Å²) in [4.78, 5) is 20.4. The summed E-state index contributed by atoms with van der Waals surface area (Å²) in [6.07, 6.45) is 3.29. The first-order valence-electron chi connectivity index (χ1n) is 6.79. The number of para-hydroxylation sites is 2. The summed E-state index contributed by atoms with van der Waals surface area (Å²) in [5, 5.41) is 3.82. The Labute approximate surface area is 127 Å². The molecule has 1 aromatic heterocycles. The van der Waals surface area contributed by atoms with Crippen LogP contribution in [0.4, 0.5) is 0 Å². The monoisotopic (exact) mass is 318 g/mol. The van der Waals surface area contributed by atoms with Crippen LogP contribution < -0.4 is 5.43 Å². The maximum atomic E-state index is 11.8. The number of hydrogen-bond acceptors (Lipinski definition) is 6. The van der Waals surface area contributed by atoms with Crippen LogP contribution in [0, 0.1) is 5.92 Å². The van der Waals surface area contributed by atoms with Crippen molar-refractivity contribution in [2.45, 2.75) is 6.42 Å². The Morgan fingerprint density at radius 1 is 1.32 bits per heavy atom. The largest absolute Gasteiger partial charge is 0.273 e. The van der Waals surface area contributed by atoms with Crippen molar-refractivity contribution in [3.63, 3.8) is 0 Å². The topological polar surface area (TPSA) is 101 Å². The molecule has 1 aliphatic rings. The second-order valence-corrected chi connectivity index (χ2v) is 7.35. The van der Waals surface area contributed by atoms with Gasteiger partial charge >= 0.3 is 0 Å². The molecule has 1 N–H and O–H groups in total. The molecule has 8 heteroatoms. The summed E-state index contributed by atoms with van der Waals surface area (Å²) in [6.45, 7) is 0. The lowest BCUT2D eigenvalue weighted by molar-refractivity contribution is -0.124. The fourth-order valence-corrected chi connectivity index (χ4v) is 4.03. The van der Waals surface area contributed by atoms with E-state index in [1.54, 1.807) is 6.20 Å². The van der Waals surface area contributed by atoms with Crippen molar-refractivity contribution in [2.75, 3.05) is 11.5 Å². The van der Waals surface area contributed by atoms with Crippen molar-refractivity contribution in [1.29, 1.82) is 0 Å². The molecule has 0 aliphatic carbocycles. The summed E-state index contributed by atoms with van der Waals surface area (Å²) in [7, 11) is -3.08. The molecule has 22 heavy (non-hydrogen) atoms. The van der Waals surface area contributed by atoms with Gasteiger partial charge in [0.15, 0.2) is 9.84 Å². The number of nitrogens with one attached hydrogen (secondary N) is 1. The SMILES string of the molecule is O=C(N/N=C\c1cnc2ccccc2n1)[C@H]1CCS(=O)(=O)C1. The van der Waals surface area contributed by atoms with Gasteiger partial charge in [0.1, 0.15) is 5.69 Å². The third kappa shape index (κ3) is 3.28. The summed E-state index contributed by atoms with van der Waals surface area (Å²) < 4.78 is 22.7. The Morgan fingerprint density at radius 2 is 2.09 bits per heavy atom. The lowest BCUT2D eigenvalue weighted by Gasteiger charge is -2.04. The van der Waals surface area contributed by atoms with E-state index in [1.807, 2.05) is 24.3 Å². The van der Waals surface area contributed by atoms with Crippen LogP contribution in [0.5, 0.6) is 0 Å². The van der Waals surface area contributed by atoms with Crippen LogP contribution in [0.2, 0.25) is 0 Å². The third-order valence-corrected chi connectivity index (χ3v) is 5.21. The fourth-order valence-electron chi connectivity index (χ4n) is 2.29. The van der Waals surface area contributed by atoms with Crippen LogP contribution in [-0.4, -0.2) is 42.0 Å². The van der Waals surface area contributed by atoms with Gasteiger partial charge in [0, 0.05) is 0 Å². The molecule has 2 heterocycles. The van der Waals surface area contributed by atoms with Crippen LogP contribution in [0.1, 0.15) is 12.1 Å². The molecule has 0 saturated carbocycles. The second-order valence-electron chi connectivity index (χ2n) is 5.12. The van der Waals surface area contributed by atoms with Gasteiger partial charge in [0.25, 0.3) is 0 Å². The van der Waals surface area contributed by atoms with Crippen LogP contribution in [0.25, 0.3) is 11.0 Å². The van der Waals surface area contributed by atoms with E-state index in [2.05, 4.69) is 20.5 Å². The third-order valence-electron chi connectivity index (χ3n) is 3.44. The lowest BCUT2D eigenvalue weighted by Crippen LogP contribution is -2.27. The van der Waals surface area contributed by atoms with Gasteiger partial charge < -0.3 is 0 Å². The molecule has 0 spiro atoms. The number of sulfone groups is 1. The molecular formula is C14H14N4O3S. The zero-order chi connectivity index (χ0) is 15.6. The first-order chi connectivity index (χ1) is 10.5. The lowest BCUT2D eigenvalue weighted by atomic mass is 10.1. The number of hydrazone groups is 1. The van der Waals surface area contributed by atoms with E-state index in [0.29, 0.717) is 12.1 Å². The Kier molecular flexibility index (Phi) is 3.84. The first kappa shape index (κ1) is 14.6. The molecule has 2 aromatic rings. The zero-order valence-corrected chi connectivity index (χ0v) is 12.5. The molecule has 0 unspecified atom stereocenters. The van der Waals surface area contributed by atoms with Crippen LogP contribution in [-0.2, 0) is 14.6 Å². The first-order valence-corrected chi connectivity index (χ1v) is 8.61. The molecule has 3 rings (SSSR count). The highest BCUT2D eigenvalue weighted by Crippen LogP contribution is 2.18. The minimum Gasteiger partial charge on any atom is -0.273 e. The van der Waals surface area contributed by atoms with E-state index in [4.69, 9.17) is 0 Å². The Bertz CT molecular complexity index is 848. The molecule has 1 aliphatic heterocycles. The van der Waals surface area contributed by atoms with Crippen LogP contribution >= 0.6 is 0 Å². The van der Waals surface area contributed by atoms with E-state index >= 15 is 0 Å². The summed E-state index contributed by atoms with van der Waals surface area (Å²) in [5.41, 5.74) is 4.38. The van der Waals surface area contributed by atoms with Crippen molar-refractivity contribution in [3.8, 4) is 0 Å². The molecule has 0 bridgehead atoms. The van der Waals surface area contributed by atoms with Crippen molar-refractivity contribution in [2.24, 2.45) is 11.0 Å². The average Bonchev–Trinajstić information content (AvgIpc) is 2.87. The van der Waals surface area contributed by atoms with Crippen molar-refractivity contribution in [1.82, 2.24) is 15.4 Å². The predicted molar refractivity (Wildman–Crippen MR) is 82.0 cm³/mol. The highest BCUT2D eigenvalue weighted by atomic mass is 32.2. The number of fused-ring (bicyclic) bond motifs is 1. The van der Waals surface area contributed by atoms with Gasteiger partial charge in [0.05, 0.1) is 40.9 Å². The van der Waals surface area contributed by atoms with E-state index < -0.39 is 15.8 Å². The number of nitrogens with zero attached hydrogens (tertiary/aromatic N) is 3. The predicted octanol–water partition coefficient (Wildman–Crippen LogP) is 0.515. The molecule has 0 radical (unpaired) electrons. The molecule has 1 atom stereocenters. The zero-order valence-electron chi connectivity index (χ0n) is 11.6. The van der Waals surface area contributed by atoms with E-state index in [1.165, 1.54) is 6.21 Å². The Morgan fingerprint density at radius 3 is 2.82 bits per heavy atom. The van der Waals surface area contributed by atoms with Gasteiger partial charge in [-0.3, -0.25) is 9.78 Å². The van der Waals surface area contributed by atoms with Crippen molar-refractivity contribution >= 4 is 33.0 Å². The van der Waals surface area contributed by atoms with Gasteiger partial charge in [0.2, 0.25) is 5.91 Å². The maximum Gasteiger partial charge on any atom is 0.244 e. The number of amides is 1. The minimum atomic E-state index is -3.08. The second kappa shape index (κ2) is 5.80. The number of hydrogen-bond donors (Lipinski definition) is 1.